The SMILES string of the molecule is CC(=O)Nc1ccc2c(COC(=O)c3nc(-n4nc(C)cc4C)ccc3Cl)cc(=O)oc2c1. The van der Waals surface area contributed by atoms with E-state index >= 15 is 0 Å². The second-order valence-electron chi connectivity index (χ2n) is 7.40. The van der Waals surface area contributed by atoms with Gasteiger partial charge in [0.25, 0.3) is 0 Å². The zero-order valence-electron chi connectivity index (χ0n) is 18.0. The normalized spacial score (nSPS) is 10.9. The Kier molecular flexibility index (Phi) is 5.97. The molecule has 1 aromatic carbocycles. The maximum Gasteiger partial charge on any atom is 0.358 e. The Morgan fingerprint density at radius 2 is 1.94 bits per heavy atom. The fourth-order valence-corrected chi connectivity index (χ4v) is 3.58. The highest BCUT2D eigenvalue weighted by atomic mass is 35.5. The number of amides is 1. The van der Waals surface area contributed by atoms with Gasteiger partial charge in [0.2, 0.25) is 5.91 Å². The van der Waals surface area contributed by atoms with Gasteiger partial charge in [-0.1, -0.05) is 11.6 Å². The summed E-state index contributed by atoms with van der Waals surface area (Å²) in [7, 11) is 0. The quantitative estimate of drug-likeness (QED) is 0.349. The number of esters is 1. The Labute approximate surface area is 192 Å². The molecule has 0 spiro atoms. The summed E-state index contributed by atoms with van der Waals surface area (Å²) in [6.45, 7) is 4.90. The minimum atomic E-state index is -0.750. The fraction of sp³-hybridized carbons (Fsp3) is 0.174. The molecule has 0 aliphatic carbocycles. The minimum Gasteiger partial charge on any atom is -0.456 e. The zero-order chi connectivity index (χ0) is 23.7. The maximum absolute atomic E-state index is 12.8. The van der Waals surface area contributed by atoms with E-state index in [0.717, 1.165) is 11.4 Å². The molecular formula is C23H19ClN4O5. The number of pyridine rings is 1. The smallest absolute Gasteiger partial charge is 0.358 e. The lowest BCUT2D eigenvalue weighted by Gasteiger charge is -2.10. The standard InChI is InChI=1S/C23H19ClN4O5/c1-12-8-13(2)28(27-12)20-7-6-18(24)22(26-20)23(31)32-11-15-9-21(30)33-19-10-16(25-14(3)29)4-5-17(15)19/h4-10H,11H2,1-3H3,(H,25,29). The Hall–Kier alpha value is -3.98. The zero-order valence-corrected chi connectivity index (χ0v) is 18.8. The van der Waals surface area contributed by atoms with Gasteiger partial charge >= 0.3 is 11.6 Å². The molecule has 0 unspecified atom stereocenters. The summed E-state index contributed by atoms with van der Waals surface area (Å²) in [4.78, 5) is 40.4. The lowest BCUT2D eigenvalue weighted by atomic mass is 10.1. The van der Waals surface area contributed by atoms with Crippen molar-refractivity contribution in [2.75, 3.05) is 5.32 Å². The molecule has 0 aliphatic rings. The number of halogens is 1. The predicted molar refractivity (Wildman–Crippen MR) is 122 cm³/mol. The molecule has 0 bridgehead atoms. The molecule has 1 amide bonds. The molecule has 0 radical (unpaired) electrons. The molecular weight excluding hydrogens is 448 g/mol. The van der Waals surface area contributed by atoms with Gasteiger partial charge in [0.15, 0.2) is 11.5 Å². The van der Waals surface area contributed by atoms with Crippen LogP contribution in [-0.2, 0) is 16.1 Å². The van der Waals surface area contributed by atoms with E-state index in [4.69, 9.17) is 20.8 Å². The van der Waals surface area contributed by atoms with Gasteiger partial charge in [-0.3, -0.25) is 4.79 Å². The number of aromatic nitrogens is 3. The van der Waals surface area contributed by atoms with Crippen molar-refractivity contribution in [3.05, 3.63) is 80.6 Å². The summed E-state index contributed by atoms with van der Waals surface area (Å²) < 4.78 is 12.2. The van der Waals surface area contributed by atoms with Crippen molar-refractivity contribution in [3.8, 4) is 5.82 Å². The van der Waals surface area contributed by atoms with Crippen molar-refractivity contribution >= 4 is 40.1 Å². The summed E-state index contributed by atoms with van der Waals surface area (Å²) in [6, 6.07) is 11.2. The van der Waals surface area contributed by atoms with Gasteiger partial charge in [-0.2, -0.15) is 5.10 Å². The molecule has 1 N–H and O–H groups in total. The van der Waals surface area contributed by atoms with E-state index in [9.17, 15) is 14.4 Å². The number of carbonyl (C=O) groups excluding carboxylic acids is 2. The molecule has 3 aromatic heterocycles. The Bertz CT molecular complexity index is 1460. The first-order chi connectivity index (χ1) is 15.7. The summed E-state index contributed by atoms with van der Waals surface area (Å²) in [6.07, 6.45) is 0. The molecule has 0 saturated heterocycles. The third-order valence-electron chi connectivity index (χ3n) is 4.76. The number of rotatable bonds is 5. The van der Waals surface area contributed by atoms with Crippen LogP contribution >= 0.6 is 11.6 Å². The van der Waals surface area contributed by atoms with E-state index < -0.39 is 11.6 Å². The number of nitrogens with one attached hydrogen (secondary N) is 1. The Balaban J connectivity index is 1.60. The number of carbonyl (C=O) groups is 2. The maximum atomic E-state index is 12.8. The van der Waals surface area contributed by atoms with Gasteiger partial charge in [-0.25, -0.2) is 19.3 Å². The molecule has 10 heteroatoms. The van der Waals surface area contributed by atoms with Crippen LogP contribution in [0.4, 0.5) is 5.69 Å². The molecule has 4 rings (SSSR count). The van der Waals surface area contributed by atoms with E-state index in [2.05, 4.69) is 15.4 Å². The topological polar surface area (TPSA) is 116 Å². The van der Waals surface area contributed by atoms with Crippen LogP contribution in [0.5, 0.6) is 0 Å². The van der Waals surface area contributed by atoms with E-state index in [1.807, 2.05) is 19.9 Å². The van der Waals surface area contributed by atoms with Gasteiger partial charge < -0.3 is 14.5 Å². The first-order valence-electron chi connectivity index (χ1n) is 9.93. The summed E-state index contributed by atoms with van der Waals surface area (Å²) >= 11 is 6.19. The van der Waals surface area contributed by atoms with Gasteiger partial charge in [0.1, 0.15) is 12.2 Å². The molecule has 9 nitrogen and oxygen atoms in total. The molecule has 4 aromatic rings. The van der Waals surface area contributed by atoms with E-state index in [-0.39, 0.29) is 28.8 Å². The average molecular weight is 467 g/mol. The minimum absolute atomic E-state index is 0.0677. The van der Waals surface area contributed by atoms with Crippen molar-refractivity contribution < 1.29 is 18.7 Å². The number of fused-ring (bicyclic) bond motifs is 1. The number of nitrogens with zero attached hydrogens (tertiary/aromatic N) is 3. The molecule has 0 saturated carbocycles. The fourth-order valence-electron chi connectivity index (χ4n) is 3.40. The highest BCUT2D eigenvalue weighted by Gasteiger charge is 2.18. The number of benzene rings is 1. The van der Waals surface area contributed by atoms with E-state index in [1.54, 1.807) is 28.9 Å². The summed E-state index contributed by atoms with van der Waals surface area (Å²) in [5, 5.41) is 7.67. The average Bonchev–Trinajstić information content (AvgIpc) is 3.09. The summed E-state index contributed by atoms with van der Waals surface area (Å²) in [5.41, 5.74) is 2.15. The van der Waals surface area contributed by atoms with Crippen LogP contribution in [0.1, 0.15) is 34.4 Å². The van der Waals surface area contributed by atoms with Crippen LogP contribution in [-0.4, -0.2) is 26.6 Å². The largest absolute Gasteiger partial charge is 0.456 e. The molecule has 33 heavy (non-hydrogen) atoms. The van der Waals surface area contributed by atoms with Crippen molar-refractivity contribution in [1.82, 2.24) is 14.8 Å². The number of ether oxygens (including phenoxy) is 1. The number of hydrogen-bond donors (Lipinski definition) is 1. The lowest BCUT2D eigenvalue weighted by Crippen LogP contribution is -2.12. The van der Waals surface area contributed by atoms with Crippen LogP contribution in [0.15, 0.2) is 51.7 Å². The molecule has 168 valence electrons. The second kappa shape index (κ2) is 8.87. The molecule has 0 aliphatic heterocycles. The molecule has 0 atom stereocenters. The van der Waals surface area contributed by atoms with Crippen LogP contribution in [0.3, 0.4) is 0 Å². The number of anilines is 1. The highest BCUT2D eigenvalue weighted by Crippen LogP contribution is 2.23. The molecule has 3 heterocycles. The van der Waals surface area contributed by atoms with Gasteiger partial charge in [-0.15, -0.1) is 0 Å². The van der Waals surface area contributed by atoms with Crippen LogP contribution < -0.4 is 10.9 Å². The number of aryl methyl sites for hydroxylation is 2. The van der Waals surface area contributed by atoms with Gasteiger partial charge in [0, 0.05) is 41.4 Å². The van der Waals surface area contributed by atoms with Crippen molar-refractivity contribution in [2.45, 2.75) is 27.4 Å². The third kappa shape index (κ3) is 4.78. The predicted octanol–water partition coefficient (Wildman–Crippen LogP) is 3.96. The van der Waals surface area contributed by atoms with Crippen LogP contribution in [0.2, 0.25) is 5.02 Å². The van der Waals surface area contributed by atoms with E-state index in [1.165, 1.54) is 19.1 Å². The first-order valence-corrected chi connectivity index (χ1v) is 10.3. The van der Waals surface area contributed by atoms with Crippen molar-refractivity contribution in [2.24, 2.45) is 0 Å². The molecule has 0 fully saturated rings. The van der Waals surface area contributed by atoms with Gasteiger partial charge in [-0.05, 0) is 44.2 Å². The van der Waals surface area contributed by atoms with Crippen molar-refractivity contribution in [3.63, 3.8) is 0 Å². The second-order valence-corrected chi connectivity index (χ2v) is 7.80. The number of hydrogen-bond acceptors (Lipinski definition) is 7. The van der Waals surface area contributed by atoms with Crippen LogP contribution in [0, 0.1) is 13.8 Å². The lowest BCUT2D eigenvalue weighted by molar-refractivity contribution is -0.114. The van der Waals surface area contributed by atoms with E-state index in [0.29, 0.717) is 22.5 Å². The monoisotopic (exact) mass is 466 g/mol. The van der Waals surface area contributed by atoms with Gasteiger partial charge in [0.05, 0.1) is 10.7 Å². The van der Waals surface area contributed by atoms with Crippen molar-refractivity contribution in [1.29, 1.82) is 0 Å². The summed E-state index contributed by atoms with van der Waals surface area (Å²) in [5.74, 6) is -0.582. The third-order valence-corrected chi connectivity index (χ3v) is 5.07. The highest BCUT2D eigenvalue weighted by molar-refractivity contribution is 6.33. The Morgan fingerprint density at radius 3 is 2.64 bits per heavy atom. The Morgan fingerprint density at radius 1 is 1.15 bits per heavy atom. The van der Waals surface area contributed by atoms with Crippen LogP contribution in [0.25, 0.3) is 16.8 Å². The first kappa shape index (κ1) is 22.2.